The Morgan fingerprint density at radius 3 is 2.55 bits per heavy atom. The van der Waals surface area contributed by atoms with Crippen molar-refractivity contribution < 1.29 is 13.2 Å². The Morgan fingerprint density at radius 1 is 1.35 bits per heavy atom. The maximum absolute atomic E-state index is 12.2. The summed E-state index contributed by atoms with van der Waals surface area (Å²) in [6, 6.07) is 1.49. The predicted octanol–water partition coefficient (Wildman–Crippen LogP) is 1.94. The van der Waals surface area contributed by atoms with E-state index in [4.69, 9.17) is 0 Å². The van der Waals surface area contributed by atoms with Crippen LogP contribution in [-0.2, 0) is 10.0 Å². The number of rotatable bonds is 4. The number of carbonyl (C=O) groups excluding carboxylic acids is 1. The molecule has 2 atom stereocenters. The van der Waals surface area contributed by atoms with Gasteiger partial charge >= 0.3 is 0 Å². The second-order valence-electron chi connectivity index (χ2n) is 5.00. The summed E-state index contributed by atoms with van der Waals surface area (Å²) in [6.07, 6.45) is 4.71. The Balaban J connectivity index is 2.03. The second kappa shape index (κ2) is 6.71. The molecule has 1 aromatic heterocycles. The lowest BCUT2D eigenvalue weighted by Crippen LogP contribution is -2.52. The Kier molecular flexibility index (Phi) is 5.43. The van der Waals surface area contributed by atoms with Gasteiger partial charge in [-0.15, -0.1) is 11.3 Å². The molecule has 5 nitrogen and oxygen atoms in total. The molecule has 0 radical (unpaired) electrons. The molecule has 8 heteroatoms. The lowest BCUT2D eigenvalue weighted by molar-refractivity contribution is 0.0919. The van der Waals surface area contributed by atoms with Gasteiger partial charge in [0.15, 0.2) is 0 Å². The molecular formula is C12H17IN2O3S2. The highest BCUT2D eigenvalue weighted by Crippen LogP contribution is 2.21. The summed E-state index contributed by atoms with van der Waals surface area (Å²) < 4.78 is 26.4. The normalized spacial score (nSPS) is 23.5. The molecule has 0 bridgehead atoms. The maximum Gasteiger partial charge on any atom is 0.252 e. The van der Waals surface area contributed by atoms with Gasteiger partial charge in [0.05, 0.1) is 14.7 Å². The fourth-order valence-electron chi connectivity index (χ4n) is 2.40. The van der Waals surface area contributed by atoms with Gasteiger partial charge in [0.1, 0.15) is 0 Å². The number of carbonyl (C=O) groups is 1. The molecule has 1 amide bonds. The van der Waals surface area contributed by atoms with Crippen molar-refractivity contribution in [1.82, 2.24) is 10.0 Å². The largest absolute Gasteiger partial charge is 0.348 e. The number of halogens is 1. The van der Waals surface area contributed by atoms with Crippen LogP contribution in [0.5, 0.6) is 0 Å². The summed E-state index contributed by atoms with van der Waals surface area (Å²) in [6.45, 7) is 0. The molecular weight excluding hydrogens is 411 g/mol. The van der Waals surface area contributed by atoms with Crippen LogP contribution in [0.3, 0.4) is 0 Å². The number of hydrogen-bond donors (Lipinski definition) is 2. The van der Waals surface area contributed by atoms with Crippen molar-refractivity contribution in [3.8, 4) is 0 Å². The lowest BCUT2D eigenvalue weighted by Gasteiger charge is -2.32. The first-order valence-electron chi connectivity index (χ1n) is 6.37. The molecule has 1 aliphatic carbocycles. The summed E-state index contributed by atoms with van der Waals surface area (Å²) in [4.78, 5) is 12.2. The molecule has 0 aromatic carbocycles. The molecule has 1 fully saturated rings. The van der Waals surface area contributed by atoms with Crippen LogP contribution in [0.1, 0.15) is 36.0 Å². The first kappa shape index (κ1) is 16.2. The van der Waals surface area contributed by atoms with E-state index in [9.17, 15) is 13.2 Å². The van der Waals surface area contributed by atoms with Gasteiger partial charge in [-0.25, -0.2) is 13.1 Å². The average molecular weight is 428 g/mol. The van der Waals surface area contributed by atoms with Gasteiger partial charge in [-0.1, -0.05) is 12.8 Å². The minimum atomic E-state index is -3.25. The summed E-state index contributed by atoms with van der Waals surface area (Å²) in [5.74, 6) is -0.128. The third kappa shape index (κ3) is 4.68. The summed E-state index contributed by atoms with van der Waals surface area (Å²) >= 11 is 3.69. The van der Waals surface area contributed by atoms with Crippen molar-refractivity contribution in [2.24, 2.45) is 0 Å². The molecule has 112 valence electrons. The Morgan fingerprint density at radius 2 is 2.00 bits per heavy atom. The van der Waals surface area contributed by atoms with Crippen molar-refractivity contribution in [3.63, 3.8) is 0 Å². The van der Waals surface area contributed by atoms with Gasteiger partial charge in [0.25, 0.3) is 5.91 Å². The van der Waals surface area contributed by atoms with E-state index in [1.807, 2.05) is 11.4 Å². The van der Waals surface area contributed by atoms with Crippen molar-refractivity contribution in [2.75, 3.05) is 6.26 Å². The van der Waals surface area contributed by atoms with Crippen molar-refractivity contribution in [1.29, 1.82) is 0 Å². The zero-order valence-electron chi connectivity index (χ0n) is 11.1. The number of amides is 1. The topological polar surface area (TPSA) is 75.3 Å². The van der Waals surface area contributed by atoms with Crippen molar-refractivity contribution >= 4 is 49.9 Å². The number of thiophene rings is 1. The molecule has 20 heavy (non-hydrogen) atoms. The number of hydrogen-bond acceptors (Lipinski definition) is 4. The average Bonchev–Trinajstić information content (AvgIpc) is 2.77. The molecule has 0 saturated heterocycles. The Hall–Kier alpha value is -0.190. The van der Waals surface area contributed by atoms with Crippen LogP contribution in [0, 0.1) is 2.88 Å². The fourth-order valence-corrected chi connectivity index (χ4v) is 4.56. The van der Waals surface area contributed by atoms with E-state index in [0.717, 1.165) is 34.8 Å². The maximum atomic E-state index is 12.2. The summed E-state index contributed by atoms with van der Waals surface area (Å²) in [5.41, 5.74) is 0.642. The molecule has 0 aliphatic heterocycles. The van der Waals surface area contributed by atoms with Crippen LogP contribution >= 0.6 is 33.9 Å². The number of nitrogens with one attached hydrogen (secondary N) is 2. The third-order valence-electron chi connectivity index (χ3n) is 3.28. The Bertz CT molecular complexity index is 585. The standard InChI is InChI=1S/C12H17IN2O3S2/c1-20(17,18)15-10-5-3-2-4-9(10)14-12(16)8-6-11(13)19-7-8/h6-7,9-10,15H,2-5H2,1H3,(H,14,16)/t9-,10-/m1/s1. The molecule has 1 aromatic rings. The lowest BCUT2D eigenvalue weighted by atomic mass is 9.91. The molecule has 2 N–H and O–H groups in total. The molecule has 1 saturated carbocycles. The van der Waals surface area contributed by atoms with E-state index in [2.05, 4.69) is 32.6 Å². The van der Waals surface area contributed by atoms with Gasteiger partial charge in [-0.3, -0.25) is 4.79 Å². The van der Waals surface area contributed by atoms with Gasteiger partial charge < -0.3 is 5.32 Å². The molecule has 0 unspecified atom stereocenters. The van der Waals surface area contributed by atoms with Crippen molar-refractivity contribution in [3.05, 3.63) is 19.9 Å². The van der Waals surface area contributed by atoms with Crippen LogP contribution in [0.2, 0.25) is 0 Å². The van der Waals surface area contributed by atoms with E-state index in [1.54, 1.807) is 0 Å². The molecule has 2 rings (SSSR count). The van der Waals surface area contributed by atoms with Gasteiger partial charge in [-0.2, -0.15) is 0 Å². The molecule has 1 heterocycles. The van der Waals surface area contributed by atoms with Crippen molar-refractivity contribution in [2.45, 2.75) is 37.8 Å². The smallest absolute Gasteiger partial charge is 0.252 e. The van der Waals surface area contributed by atoms with E-state index in [0.29, 0.717) is 5.56 Å². The van der Waals surface area contributed by atoms with E-state index in [1.165, 1.54) is 11.3 Å². The zero-order valence-corrected chi connectivity index (χ0v) is 14.8. The van der Waals surface area contributed by atoms with E-state index >= 15 is 0 Å². The van der Waals surface area contributed by atoms with Crippen LogP contribution < -0.4 is 10.0 Å². The van der Waals surface area contributed by atoms with Gasteiger partial charge in [0.2, 0.25) is 10.0 Å². The first-order chi connectivity index (χ1) is 9.35. The molecule has 1 aliphatic rings. The predicted molar refractivity (Wildman–Crippen MR) is 88.5 cm³/mol. The van der Waals surface area contributed by atoms with Gasteiger partial charge in [-0.05, 0) is 41.5 Å². The SMILES string of the molecule is CS(=O)(=O)N[C@@H]1CCCC[C@H]1NC(=O)c1csc(I)c1. The minimum absolute atomic E-state index is 0.128. The van der Waals surface area contributed by atoms with Crippen LogP contribution in [0.15, 0.2) is 11.4 Å². The zero-order chi connectivity index (χ0) is 14.8. The highest BCUT2D eigenvalue weighted by Gasteiger charge is 2.28. The quantitative estimate of drug-likeness (QED) is 0.720. The van der Waals surface area contributed by atoms with Crippen LogP contribution in [0.25, 0.3) is 0 Å². The van der Waals surface area contributed by atoms with E-state index < -0.39 is 10.0 Å². The summed E-state index contributed by atoms with van der Waals surface area (Å²) in [7, 11) is -3.25. The Labute approximate surface area is 136 Å². The highest BCUT2D eigenvalue weighted by atomic mass is 127. The second-order valence-corrected chi connectivity index (χ2v) is 9.59. The van der Waals surface area contributed by atoms with E-state index in [-0.39, 0.29) is 18.0 Å². The van der Waals surface area contributed by atoms with Crippen LogP contribution in [0.4, 0.5) is 0 Å². The summed E-state index contributed by atoms with van der Waals surface area (Å²) in [5, 5.41) is 4.78. The minimum Gasteiger partial charge on any atom is -0.348 e. The van der Waals surface area contributed by atoms with Crippen LogP contribution in [-0.4, -0.2) is 32.7 Å². The highest BCUT2D eigenvalue weighted by molar-refractivity contribution is 14.1. The molecule has 0 spiro atoms. The third-order valence-corrected chi connectivity index (χ3v) is 5.80. The first-order valence-corrected chi connectivity index (χ1v) is 10.2. The van der Waals surface area contributed by atoms with Gasteiger partial charge in [0, 0.05) is 17.5 Å². The number of sulfonamides is 1. The fraction of sp³-hybridized carbons (Fsp3) is 0.583. The monoisotopic (exact) mass is 428 g/mol.